The molecule has 1 heterocycles. The first-order valence-corrected chi connectivity index (χ1v) is 5.23. The molecule has 2 rings (SSSR count). The van der Waals surface area contributed by atoms with E-state index in [-0.39, 0.29) is 12.5 Å². The molecule has 1 aromatic heterocycles. The Morgan fingerprint density at radius 2 is 2.25 bits per heavy atom. The van der Waals surface area contributed by atoms with Crippen molar-refractivity contribution in [3.63, 3.8) is 0 Å². The van der Waals surface area contributed by atoms with Crippen LogP contribution in [0.25, 0.3) is 0 Å². The molecule has 0 bridgehead atoms. The van der Waals surface area contributed by atoms with Gasteiger partial charge >= 0.3 is 5.97 Å². The van der Waals surface area contributed by atoms with Crippen LogP contribution in [0.2, 0.25) is 0 Å². The molecular formula is C11H14N2O3. The maximum Gasteiger partial charge on any atom is 0.323 e. The van der Waals surface area contributed by atoms with Crippen LogP contribution in [0.5, 0.6) is 0 Å². The van der Waals surface area contributed by atoms with Gasteiger partial charge in [-0.3, -0.25) is 9.59 Å². The number of carboxylic acid groups (broad SMARTS) is 1. The summed E-state index contributed by atoms with van der Waals surface area (Å²) in [5.41, 5.74) is 0.575. The molecule has 1 aliphatic rings. The van der Waals surface area contributed by atoms with Gasteiger partial charge in [-0.1, -0.05) is 0 Å². The van der Waals surface area contributed by atoms with E-state index in [2.05, 4.69) is 0 Å². The first-order chi connectivity index (χ1) is 7.59. The minimum Gasteiger partial charge on any atom is -0.480 e. The summed E-state index contributed by atoms with van der Waals surface area (Å²) in [5.74, 6) is -1.24. The lowest BCUT2D eigenvalue weighted by molar-refractivity contribution is -0.137. The van der Waals surface area contributed by atoms with Crippen molar-refractivity contribution in [1.29, 1.82) is 0 Å². The van der Waals surface area contributed by atoms with Crippen molar-refractivity contribution in [2.75, 3.05) is 13.6 Å². The van der Waals surface area contributed by atoms with Crippen LogP contribution in [0.4, 0.5) is 0 Å². The number of carbonyl (C=O) groups is 2. The Bertz CT molecular complexity index is 421. The van der Waals surface area contributed by atoms with Gasteiger partial charge in [-0.15, -0.1) is 0 Å². The largest absolute Gasteiger partial charge is 0.480 e. The van der Waals surface area contributed by atoms with Gasteiger partial charge in [0, 0.05) is 19.3 Å². The van der Waals surface area contributed by atoms with Crippen molar-refractivity contribution >= 4 is 11.9 Å². The van der Waals surface area contributed by atoms with Gasteiger partial charge < -0.3 is 14.6 Å². The van der Waals surface area contributed by atoms with Gasteiger partial charge in [0.15, 0.2) is 0 Å². The van der Waals surface area contributed by atoms with Crippen LogP contribution in [0, 0.1) is 0 Å². The van der Waals surface area contributed by atoms with Crippen LogP contribution in [0.3, 0.4) is 0 Å². The lowest BCUT2D eigenvalue weighted by Crippen LogP contribution is -2.33. The fraction of sp³-hybridized carbons (Fsp3) is 0.455. The molecule has 0 spiro atoms. The monoisotopic (exact) mass is 222 g/mol. The molecule has 0 aliphatic heterocycles. The van der Waals surface area contributed by atoms with Crippen molar-refractivity contribution in [2.45, 2.75) is 18.9 Å². The molecule has 1 N–H and O–H groups in total. The number of hydrogen-bond acceptors (Lipinski definition) is 2. The number of rotatable bonds is 4. The molecule has 16 heavy (non-hydrogen) atoms. The summed E-state index contributed by atoms with van der Waals surface area (Å²) in [6, 6.07) is 3.98. The molecule has 86 valence electrons. The number of likely N-dealkylation sites (N-methyl/N-ethyl adjacent to an activating group) is 1. The molecule has 1 aromatic rings. The van der Waals surface area contributed by atoms with Crippen LogP contribution in [-0.4, -0.2) is 40.0 Å². The summed E-state index contributed by atoms with van der Waals surface area (Å²) in [6.45, 7) is -0.269. The van der Waals surface area contributed by atoms with E-state index in [1.54, 1.807) is 6.07 Å². The molecule has 0 atom stereocenters. The van der Waals surface area contributed by atoms with Gasteiger partial charge in [-0.05, 0) is 25.0 Å². The summed E-state index contributed by atoms with van der Waals surface area (Å²) >= 11 is 0. The Labute approximate surface area is 93.3 Å². The average Bonchev–Trinajstić information content (AvgIpc) is 2.94. The zero-order valence-corrected chi connectivity index (χ0v) is 9.09. The predicted molar refractivity (Wildman–Crippen MR) is 57.3 cm³/mol. The lowest BCUT2D eigenvalue weighted by Gasteiger charge is -2.16. The van der Waals surface area contributed by atoms with Crippen LogP contribution >= 0.6 is 0 Å². The fourth-order valence-corrected chi connectivity index (χ4v) is 1.72. The lowest BCUT2D eigenvalue weighted by atomic mass is 10.3. The highest BCUT2D eigenvalue weighted by Gasteiger charge is 2.27. The van der Waals surface area contributed by atoms with Crippen LogP contribution < -0.4 is 0 Å². The highest BCUT2D eigenvalue weighted by atomic mass is 16.4. The number of hydrogen-bond donors (Lipinski definition) is 1. The zero-order valence-electron chi connectivity index (χ0n) is 9.09. The average molecular weight is 222 g/mol. The molecule has 0 radical (unpaired) electrons. The summed E-state index contributed by atoms with van der Waals surface area (Å²) in [7, 11) is 1.50. The van der Waals surface area contributed by atoms with Gasteiger partial charge in [0.25, 0.3) is 5.91 Å². The molecular weight excluding hydrogens is 208 g/mol. The number of amides is 1. The molecule has 1 aliphatic carbocycles. The van der Waals surface area contributed by atoms with E-state index in [4.69, 9.17) is 5.11 Å². The number of aliphatic carboxylic acids is 1. The molecule has 0 saturated heterocycles. The van der Waals surface area contributed by atoms with E-state index in [1.165, 1.54) is 11.9 Å². The number of nitrogens with zero attached hydrogens (tertiary/aromatic N) is 2. The maximum absolute atomic E-state index is 11.9. The van der Waals surface area contributed by atoms with E-state index in [0.29, 0.717) is 11.7 Å². The molecule has 1 amide bonds. The van der Waals surface area contributed by atoms with Crippen LogP contribution in [0.15, 0.2) is 18.3 Å². The Kier molecular flexibility index (Phi) is 2.68. The quantitative estimate of drug-likeness (QED) is 0.826. The topological polar surface area (TPSA) is 62.5 Å². The third kappa shape index (κ3) is 2.08. The number of carbonyl (C=O) groups excluding carboxylic acids is 1. The second-order valence-corrected chi connectivity index (χ2v) is 4.09. The molecule has 5 heteroatoms. The van der Waals surface area contributed by atoms with Crippen molar-refractivity contribution in [3.05, 3.63) is 24.0 Å². The van der Waals surface area contributed by atoms with Crippen molar-refractivity contribution in [3.8, 4) is 0 Å². The predicted octanol–water partition coefficient (Wildman–Crippen LogP) is 0.980. The fourth-order valence-electron chi connectivity index (χ4n) is 1.72. The molecule has 0 aromatic carbocycles. The minimum absolute atomic E-state index is 0.237. The second-order valence-electron chi connectivity index (χ2n) is 4.09. The normalized spacial score (nSPS) is 14.8. The summed E-state index contributed by atoms with van der Waals surface area (Å²) < 4.78 is 1.93. The smallest absolute Gasteiger partial charge is 0.323 e. The standard InChI is InChI=1S/C11H14N2O3/c1-12(7-10(14)15)11(16)9-3-2-6-13(9)8-4-5-8/h2-3,6,8H,4-5,7H2,1H3,(H,14,15). The van der Waals surface area contributed by atoms with Gasteiger partial charge in [0.2, 0.25) is 0 Å². The van der Waals surface area contributed by atoms with Gasteiger partial charge in [0.05, 0.1) is 0 Å². The summed E-state index contributed by atoms with van der Waals surface area (Å²) in [5, 5.41) is 8.62. The molecule has 1 fully saturated rings. The summed E-state index contributed by atoms with van der Waals surface area (Å²) in [4.78, 5) is 23.7. The SMILES string of the molecule is CN(CC(=O)O)C(=O)c1cccn1C1CC1. The number of aromatic nitrogens is 1. The Morgan fingerprint density at radius 1 is 1.56 bits per heavy atom. The Balaban J connectivity index is 2.13. The Hall–Kier alpha value is -1.78. The highest BCUT2D eigenvalue weighted by molar-refractivity contribution is 5.94. The highest BCUT2D eigenvalue weighted by Crippen LogP contribution is 2.36. The minimum atomic E-state index is -1.000. The van der Waals surface area contributed by atoms with E-state index in [1.807, 2.05) is 16.8 Å². The van der Waals surface area contributed by atoms with E-state index >= 15 is 0 Å². The van der Waals surface area contributed by atoms with E-state index < -0.39 is 5.97 Å². The van der Waals surface area contributed by atoms with Crippen molar-refractivity contribution < 1.29 is 14.7 Å². The molecule has 5 nitrogen and oxygen atoms in total. The van der Waals surface area contributed by atoms with Gasteiger partial charge in [0.1, 0.15) is 12.2 Å². The van der Waals surface area contributed by atoms with Crippen molar-refractivity contribution in [2.24, 2.45) is 0 Å². The maximum atomic E-state index is 11.9. The number of carboxylic acids is 1. The van der Waals surface area contributed by atoms with E-state index in [9.17, 15) is 9.59 Å². The van der Waals surface area contributed by atoms with Gasteiger partial charge in [-0.2, -0.15) is 0 Å². The van der Waals surface area contributed by atoms with Crippen LogP contribution in [-0.2, 0) is 4.79 Å². The van der Waals surface area contributed by atoms with Crippen LogP contribution in [0.1, 0.15) is 29.4 Å². The van der Waals surface area contributed by atoms with E-state index in [0.717, 1.165) is 12.8 Å². The molecule has 1 saturated carbocycles. The first kappa shape index (κ1) is 10.7. The first-order valence-electron chi connectivity index (χ1n) is 5.23. The Morgan fingerprint density at radius 3 is 2.81 bits per heavy atom. The van der Waals surface area contributed by atoms with Crippen molar-refractivity contribution in [1.82, 2.24) is 9.47 Å². The molecule has 0 unspecified atom stereocenters. The third-order valence-electron chi connectivity index (χ3n) is 2.66. The zero-order chi connectivity index (χ0) is 11.7. The van der Waals surface area contributed by atoms with Gasteiger partial charge in [-0.25, -0.2) is 0 Å². The second kappa shape index (κ2) is 4.00. The third-order valence-corrected chi connectivity index (χ3v) is 2.66. The summed E-state index contributed by atoms with van der Waals surface area (Å²) in [6.07, 6.45) is 4.06.